The molecule has 0 rings (SSSR count). The van der Waals surface area contributed by atoms with Crippen LogP contribution in [0.5, 0.6) is 0 Å². The molecule has 0 aromatic heterocycles. The second-order valence-electron chi connectivity index (χ2n) is 4.23. The molecule has 1 unspecified atom stereocenters. The van der Waals surface area contributed by atoms with Crippen LogP contribution < -0.4 is 0 Å². The van der Waals surface area contributed by atoms with E-state index in [2.05, 4.69) is 18.7 Å². The molecule has 0 radical (unpaired) electrons. The molecule has 0 heterocycles. The standard InChI is InChI=1S/C11H23NO3/c1-5-15-10(11(13)14)6-7-12(4)8-9(2)3/h9-10H,5-8H2,1-4H3,(H,13,14). The summed E-state index contributed by atoms with van der Waals surface area (Å²) in [7, 11) is 2.00. The summed E-state index contributed by atoms with van der Waals surface area (Å²) in [6, 6.07) is 0. The predicted molar refractivity (Wildman–Crippen MR) is 60.0 cm³/mol. The Morgan fingerprint density at radius 3 is 2.47 bits per heavy atom. The number of carboxylic acid groups (broad SMARTS) is 1. The number of aliphatic carboxylic acids is 1. The molecule has 1 N–H and O–H groups in total. The summed E-state index contributed by atoms with van der Waals surface area (Å²) in [4.78, 5) is 12.9. The van der Waals surface area contributed by atoms with E-state index >= 15 is 0 Å². The van der Waals surface area contributed by atoms with Crippen LogP contribution in [0.15, 0.2) is 0 Å². The number of hydrogen-bond acceptors (Lipinski definition) is 3. The second-order valence-corrected chi connectivity index (χ2v) is 4.23. The average molecular weight is 217 g/mol. The van der Waals surface area contributed by atoms with E-state index in [0.717, 1.165) is 13.1 Å². The van der Waals surface area contributed by atoms with Gasteiger partial charge in [-0.25, -0.2) is 4.79 Å². The summed E-state index contributed by atoms with van der Waals surface area (Å²) >= 11 is 0. The van der Waals surface area contributed by atoms with Gasteiger partial charge in [0.1, 0.15) is 0 Å². The van der Waals surface area contributed by atoms with Gasteiger partial charge in [-0.2, -0.15) is 0 Å². The smallest absolute Gasteiger partial charge is 0.332 e. The van der Waals surface area contributed by atoms with Gasteiger partial charge in [-0.3, -0.25) is 0 Å². The third kappa shape index (κ3) is 7.33. The maximum Gasteiger partial charge on any atom is 0.332 e. The highest BCUT2D eigenvalue weighted by Gasteiger charge is 2.17. The van der Waals surface area contributed by atoms with Gasteiger partial charge in [-0.05, 0) is 26.3 Å². The summed E-state index contributed by atoms with van der Waals surface area (Å²) in [6.45, 7) is 8.30. The van der Waals surface area contributed by atoms with E-state index in [-0.39, 0.29) is 0 Å². The van der Waals surface area contributed by atoms with Gasteiger partial charge in [0.25, 0.3) is 0 Å². The molecule has 0 aliphatic carbocycles. The maximum atomic E-state index is 10.8. The Balaban J connectivity index is 3.83. The fraction of sp³-hybridized carbons (Fsp3) is 0.909. The highest BCUT2D eigenvalue weighted by molar-refractivity contribution is 5.72. The summed E-state index contributed by atoms with van der Waals surface area (Å²) < 4.78 is 5.13. The van der Waals surface area contributed by atoms with Crippen molar-refractivity contribution in [2.75, 3.05) is 26.7 Å². The van der Waals surface area contributed by atoms with Crippen molar-refractivity contribution < 1.29 is 14.6 Å². The van der Waals surface area contributed by atoms with Crippen LogP contribution in [0.4, 0.5) is 0 Å². The van der Waals surface area contributed by atoms with E-state index in [1.807, 2.05) is 14.0 Å². The van der Waals surface area contributed by atoms with Crippen LogP contribution in [0.25, 0.3) is 0 Å². The Bertz CT molecular complexity index is 183. The summed E-state index contributed by atoms with van der Waals surface area (Å²) in [5, 5.41) is 8.86. The van der Waals surface area contributed by atoms with E-state index in [1.165, 1.54) is 0 Å². The molecule has 90 valence electrons. The van der Waals surface area contributed by atoms with Crippen LogP contribution >= 0.6 is 0 Å². The molecule has 15 heavy (non-hydrogen) atoms. The average Bonchev–Trinajstić information content (AvgIpc) is 2.10. The van der Waals surface area contributed by atoms with Crippen molar-refractivity contribution in [3.05, 3.63) is 0 Å². The van der Waals surface area contributed by atoms with Crippen LogP contribution in [0.1, 0.15) is 27.2 Å². The van der Waals surface area contributed by atoms with Gasteiger partial charge in [0, 0.05) is 19.7 Å². The fourth-order valence-corrected chi connectivity index (χ4v) is 1.53. The molecule has 4 nitrogen and oxygen atoms in total. The summed E-state index contributed by atoms with van der Waals surface area (Å²) in [5.41, 5.74) is 0. The third-order valence-electron chi connectivity index (χ3n) is 2.09. The lowest BCUT2D eigenvalue weighted by atomic mass is 10.2. The van der Waals surface area contributed by atoms with Gasteiger partial charge in [-0.1, -0.05) is 13.8 Å². The molecule has 0 saturated heterocycles. The van der Waals surface area contributed by atoms with E-state index in [1.54, 1.807) is 0 Å². The number of carboxylic acids is 1. The van der Waals surface area contributed by atoms with Gasteiger partial charge >= 0.3 is 5.97 Å². The van der Waals surface area contributed by atoms with Crippen molar-refractivity contribution in [1.29, 1.82) is 0 Å². The molecule has 0 spiro atoms. The van der Waals surface area contributed by atoms with Crippen molar-refractivity contribution in [1.82, 2.24) is 4.90 Å². The van der Waals surface area contributed by atoms with Crippen molar-refractivity contribution in [2.45, 2.75) is 33.3 Å². The molecule has 0 aliphatic rings. The fourth-order valence-electron chi connectivity index (χ4n) is 1.53. The monoisotopic (exact) mass is 217 g/mol. The quantitative estimate of drug-likeness (QED) is 0.668. The Morgan fingerprint density at radius 1 is 1.47 bits per heavy atom. The lowest BCUT2D eigenvalue weighted by Crippen LogP contribution is -2.31. The molecular weight excluding hydrogens is 194 g/mol. The zero-order valence-electron chi connectivity index (χ0n) is 10.2. The highest BCUT2D eigenvalue weighted by Crippen LogP contribution is 2.03. The minimum absolute atomic E-state index is 0.449. The van der Waals surface area contributed by atoms with Crippen LogP contribution in [-0.2, 0) is 9.53 Å². The van der Waals surface area contributed by atoms with Gasteiger partial charge in [0.15, 0.2) is 6.10 Å². The SMILES string of the molecule is CCOC(CCN(C)CC(C)C)C(=O)O. The molecular formula is C11H23NO3. The van der Waals surface area contributed by atoms with Crippen LogP contribution in [0.2, 0.25) is 0 Å². The van der Waals surface area contributed by atoms with E-state index in [0.29, 0.717) is 18.9 Å². The first-order valence-electron chi connectivity index (χ1n) is 5.50. The zero-order valence-corrected chi connectivity index (χ0v) is 10.2. The zero-order chi connectivity index (χ0) is 11.8. The number of carbonyl (C=O) groups is 1. The van der Waals surface area contributed by atoms with Crippen LogP contribution in [0, 0.1) is 5.92 Å². The largest absolute Gasteiger partial charge is 0.479 e. The van der Waals surface area contributed by atoms with Gasteiger partial charge in [-0.15, -0.1) is 0 Å². The van der Waals surface area contributed by atoms with Gasteiger partial charge in [0.2, 0.25) is 0 Å². The molecule has 0 saturated carbocycles. The Hall–Kier alpha value is -0.610. The molecule has 0 bridgehead atoms. The van der Waals surface area contributed by atoms with Gasteiger partial charge < -0.3 is 14.7 Å². The lowest BCUT2D eigenvalue weighted by Gasteiger charge is -2.20. The van der Waals surface area contributed by atoms with Crippen molar-refractivity contribution in [3.63, 3.8) is 0 Å². The number of nitrogens with zero attached hydrogens (tertiary/aromatic N) is 1. The van der Waals surface area contributed by atoms with Crippen LogP contribution in [-0.4, -0.2) is 48.8 Å². The molecule has 1 atom stereocenters. The number of ether oxygens (including phenoxy) is 1. The highest BCUT2D eigenvalue weighted by atomic mass is 16.5. The molecule has 0 aromatic rings. The normalized spacial score (nSPS) is 13.5. The first kappa shape index (κ1) is 14.4. The van der Waals surface area contributed by atoms with Gasteiger partial charge in [0.05, 0.1) is 0 Å². The van der Waals surface area contributed by atoms with Crippen molar-refractivity contribution in [3.8, 4) is 0 Å². The Morgan fingerprint density at radius 2 is 2.07 bits per heavy atom. The summed E-state index contributed by atoms with van der Waals surface area (Å²) in [5.74, 6) is -0.264. The second kappa shape index (κ2) is 7.65. The Labute approximate surface area is 92.2 Å². The van der Waals surface area contributed by atoms with Crippen molar-refractivity contribution >= 4 is 5.97 Å². The number of rotatable bonds is 8. The Kier molecular flexibility index (Phi) is 7.34. The lowest BCUT2D eigenvalue weighted by molar-refractivity contribution is -0.150. The van der Waals surface area contributed by atoms with E-state index in [4.69, 9.17) is 9.84 Å². The molecule has 0 amide bonds. The minimum Gasteiger partial charge on any atom is -0.479 e. The number of hydrogen-bond donors (Lipinski definition) is 1. The summed E-state index contributed by atoms with van der Waals surface area (Å²) in [6.07, 6.45) is -0.114. The van der Waals surface area contributed by atoms with E-state index in [9.17, 15) is 4.79 Å². The predicted octanol–water partition coefficient (Wildman–Crippen LogP) is 1.45. The minimum atomic E-state index is -0.866. The van der Waals surface area contributed by atoms with Crippen LogP contribution in [0.3, 0.4) is 0 Å². The molecule has 0 fully saturated rings. The topological polar surface area (TPSA) is 49.8 Å². The van der Waals surface area contributed by atoms with Crippen molar-refractivity contribution in [2.24, 2.45) is 5.92 Å². The molecule has 4 heteroatoms. The maximum absolute atomic E-state index is 10.8. The third-order valence-corrected chi connectivity index (χ3v) is 2.09. The first-order chi connectivity index (χ1) is 6.97. The first-order valence-corrected chi connectivity index (χ1v) is 5.50. The van der Waals surface area contributed by atoms with E-state index < -0.39 is 12.1 Å². The molecule has 0 aliphatic heterocycles. The molecule has 0 aromatic carbocycles.